The molecule has 8 heteroatoms. The summed E-state index contributed by atoms with van der Waals surface area (Å²) >= 11 is 7.24. The first-order valence-electron chi connectivity index (χ1n) is 8.02. The van der Waals surface area contributed by atoms with Crippen molar-refractivity contribution >= 4 is 29.2 Å². The quantitative estimate of drug-likeness (QED) is 0.625. The molecule has 6 nitrogen and oxygen atoms in total. The zero-order valence-corrected chi connectivity index (χ0v) is 14.8. The van der Waals surface area contributed by atoms with Gasteiger partial charge in [-0.2, -0.15) is 4.68 Å². The second-order valence-corrected chi connectivity index (χ2v) is 7.28. The lowest BCUT2D eigenvalue weighted by molar-refractivity contribution is 0.460. The average molecular weight is 366 g/mol. The van der Waals surface area contributed by atoms with Crippen LogP contribution in [0.15, 0.2) is 34.2 Å². The Bertz CT molecular complexity index is 743. The number of thioether (sulfide) groups is 1. The Hall–Kier alpha value is -1.73. The predicted octanol–water partition coefficient (Wildman–Crippen LogP) is 3.04. The molecule has 0 bridgehead atoms. The zero-order valence-electron chi connectivity index (χ0n) is 13.2. The second-order valence-electron chi connectivity index (χ2n) is 5.90. The van der Waals surface area contributed by atoms with Crippen LogP contribution in [0.5, 0.6) is 0 Å². The maximum atomic E-state index is 12.4. The standard InChI is InChI=1S/C16H20ClN5OS/c17-12-8-6-11(7-9-12)10-24-16-21-20-14(15(23)22(16)18)19-13-4-2-1-3-5-13/h6-9,13H,1-5,10,18H2,(H,19,20). The molecule has 0 radical (unpaired) electrons. The molecule has 1 heterocycles. The molecule has 2 aromatic rings. The molecule has 24 heavy (non-hydrogen) atoms. The van der Waals surface area contributed by atoms with E-state index in [1.807, 2.05) is 24.3 Å². The smallest absolute Gasteiger partial charge is 0.315 e. The monoisotopic (exact) mass is 365 g/mol. The Kier molecular flexibility index (Phi) is 5.63. The lowest BCUT2D eigenvalue weighted by Crippen LogP contribution is -2.35. The van der Waals surface area contributed by atoms with E-state index >= 15 is 0 Å². The molecule has 3 rings (SSSR count). The van der Waals surface area contributed by atoms with Crippen LogP contribution in [-0.4, -0.2) is 20.9 Å². The fraction of sp³-hybridized carbons (Fsp3) is 0.438. The maximum absolute atomic E-state index is 12.4. The summed E-state index contributed by atoms with van der Waals surface area (Å²) in [4.78, 5) is 12.4. The van der Waals surface area contributed by atoms with Crippen LogP contribution in [0, 0.1) is 0 Å². The third kappa shape index (κ3) is 4.21. The van der Waals surface area contributed by atoms with Crippen molar-refractivity contribution in [1.29, 1.82) is 0 Å². The summed E-state index contributed by atoms with van der Waals surface area (Å²) in [7, 11) is 0. The van der Waals surface area contributed by atoms with Crippen molar-refractivity contribution in [1.82, 2.24) is 14.9 Å². The minimum Gasteiger partial charge on any atom is -0.361 e. The van der Waals surface area contributed by atoms with Gasteiger partial charge in [0, 0.05) is 16.8 Å². The van der Waals surface area contributed by atoms with E-state index < -0.39 is 0 Å². The van der Waals surface area contributed by atoms with E-state index in [0.717, 1.165) is 23.1 Å². The van der Waals surface area contributed by atoms with Crippen molar-refractivity contribution in [2.75, 3.05) is 11.2 Å². The molecule has 1 saturated carbocycles. The Morgan fingerprint density at radius 2 is 1.92 bits per heavy atom. The number of nitrogens with one attached hydrogen (secondary N) is 1. The topological polar surface area (TPSA) is 85.8 Å². The van der Waals surface area contributed by atoms with Crippen molar-refractivity contribution in [2.45, 2.75) is 49.1 Å². The van der Waals surface area contributed by atoms with Crippen LogP contribution in [0.25, 0.3) is 0 Å². The minimum atomic E-state index is -0.339. The number of benzene rings is 1. The molecule has 1 aliphatic rings. The molecule has 0 unspecified atom stereocenters. The molecule has 0 atom stereocenters. The number of aromatic nitrogens is 3. The molecular weight excluding hydrogens is 346 g/mol. The summed E-state index contributed by atoms with van der Waals surface area (Å²) in [5.41, 5.74) is 0.734. The molecule has 1 aromatic carbocycles. The van der Waals surface area contributed by atoms with Crippen molar-refractivity contribution in [3.63, 3.8) is 0 Å². The van der Waals surface area contributed by atoms with Crippen molar-refractivity contribution < 1.29 is 0 Å². The van der Waals surface area contributed by atoms with Crippen molar-refractivity contribution in [2.24, 2.45) is 0 Å². The highest BCUT2D eigenvalue weighted by atomic mass is 35.5. The summed E-state index contributed by atoms with van der Waals surface area (Å²) in [6.45, 7) is 0. The molecule has 1 aromatic heterocycles. The number of rotatable bonds is 5. The van der Waals surface area contributed by atoms with E-state index in [4.69, 9.17) is 17.4 Å². The van der Waals surface area contributed by atoms with Crippen molar-refractivity contribution in [3.8, 4) is 0 Å². The van der Waals surface area contributed by atoms with E-state index in [1.54, 1.807) is 0 Å². The normalized spacial score (nSPS) is 15.4. The van der Waals surface area contributed by atoms with Gasteiger partial charge >= 0.3 is 5.56 Å². The fourth-order valence-corrected chi connectivity index (χ4v) is 3.68. The zero-order chi connectivity index (χ0) is 16.9. The first-order chi connectivity index (χ1) is 11.6. The minimum absolute atomic E-state index is 0.236. The lowest BCUT2D eigenvalue weighted by Gasteiger charge is -2.22. The third-order valence-electron chi connectivity index (χ3n) is 4.09. The van der Waals surface area contributed by atoms with E-state index in [1.165, 1.54) is 31.0 Å². The molecule has 0 spiro atoms. The predicted molar refractivity (Wildman–Crippen MR) is 98.0 cm³/mol. The van der Waals surface area contributed by atoms with Gasteiger partial charge in [-0.15, -0.1) is 10.2 Å². The Balaban J connectivity index is 1.67. The van der Waals surface area contributed by atoms with Gasteiger partial charge in [0.25, 0.3) is 0 Å². The molecule has 1 fully saturated rings. The number of hydrogen-bond donors (Lipinski definition) is 2. The van der Waals surface area contributed by atoms with Crippen LogP contribution < -0.4 is 16.7 Å². The molecule has 0 aliphatic heterocycles. The average Bonchev–Trinajstić information content (AvgIpc) is 2.61. The second kappa shape index (κ2) is 7.90. The highest BCUT2D eigenvalue weighted by Crippen LogP contribution is 2.22. The van der Waals surface area contributed by atoms with E-state index in [9.17, 15) is 4.79 Å². The van der Waals surface area contributed by atoms with Gasteiger partial charge in [-0.05, 0) is 30.5 Å². The number of hydrogen-bond acceptors (Lipinski definition) is 6. The van der Waals surface area contributed by atoms with Crippen LogP contribution in [-0.2, 0) is 5.75 Å². The number of halogens is 1. The lowest BCUT2D eigenvalue weighted by atomic mass is 9.96. The van der Waals surface area contributed by atoms with Gasteiger partial charge in [0.1, 0.15) is 0 Å². The first-order valence-corrected chi connectivity index (χ1v) is 9.38. The molecule has 1 aliphatic carbocycles. The molecular formula is C16H20ClN5OS. The molecule has 3 N–H and O–H groups in total. The van der Waals surface area contributed by atoms with E-state index in [2.05, 4.69) is 15.5 Å². The summed E-state index contributed by atoms with van der Waals surface area (Å²) in [5.74, 6) is 6.77. The Labute approximate surface area is 149 Å². The molecule has 0 amide bonds. The largest absolute Gasteiger partial charge is 0.361 e. The molecule has 128 valence electrons. The number of nitrogens with zero attached hydrogens (tertiary/aromatic N) is 3. The van der Waals surface area contributed by atoms with Gasteiger partial charge in [0.15, 0.2) is 0 Å². The SMILES string of the molecule is Nn1c(SCc2ccc(Cl)cc2)nnc(NC2CCCCC2)c1=O. The van der Waals surface area contributed by atoms with Crippen LogP contribution in [0.1, 0.15) is 37.7 Å². The van der Waals surface area contributed by atoms with Gasteiger partial charge in [0.05, 0.1) is 0 Å². The van der Waals surface area contributed by atoms with Crippen LogP contribution in [0.3, 0.4) is 0 Å². The number of nitrogen functional groups attached to an aromatic ring is 1. The van der Waals surface area contributed by atoms with Gasteiger partial charge in [0.2, 0.25) is 11.0 Å². The highest BCUT2D eigenvalue weighted by molar-refractivity contribution is 7.98. The van der Waals surface area contributed by atoms with Crippen LogP contribution in [0.2, 0.25) is 5.02 Å². The maximum Gasteiger partial charge on any atom is 0.315 e. The fourth-order valence-electron chi connectivity index (χ4n) is 2.74. The van der Waals surface area contributed by atoms with Crippen molar-refractivity contribution in [3.05, 3.63) is 45.2 Å². The van der Waals surface area contributed by atoms with Crippen LogP contribution >= 0.6 is 23.4 Å². The van der Waals surface area contributed by atoms with E-state index in [-0.39, 0.29) is 17.4 Å². The molecule has 0 saturated heterocycles. The Morgan fingerprint density at radius 3 is 2.62 bits per heavy atom. The van der Waals surface area contributed by atoms with Gasteiger partial charge in [-0.3, -0.25) is 4.79 Å². The first kappa shape index (κ1) is 17.1. The van der Waals surface area contributed by atoms with Gasteiger partial charge in [-0.1, -0.05) is 54.8 Å². The van der Waals surface area contributed by atoms with E-state index in [0.29, 0.717) is 15.9 Å². The highest BCUT2D eigenvalue weighted by Gasteiger charge is 2.17. The van der Waals surface area contributed by atoms with Gasteiger partial charge < -0.3 is 11.2 Å². The third-order valence-corrected chi connectivity index (χ3v) is 5.36. The summed E-state index contributed by atoms with van der Waals surface area (Å²) in [5, 5.41) is 12.4. The Morgan fingerprint density at radius 1 is 1.21 bits per heavy atom. The summed E-state index contributed by atoms with van der Waals surface area (Å²) in [6, 6.07) is 7.81. The van der Waals surface area contributed by atoms with Crippen LogP contribution in [0.4, 0.5) is 5.82 Å². The number of anilines is 1. The number of nitrogens with two attached hydrogens (primary N) is 1. The summed E-state index contributed by atoms with van der Waals surface area (Å²) < 4.78 is 1.07. The van der Waals surface area contributed by atoms with Gasteiger partial charge in [-0.25, -0.2) is 0 Å². The summed E-state index contributed by atoms with van der Waals surface area (Å²) in [6.07, 6.45) is 5.72.